The van der Waals surface area contributed by atoms with E-state index in [1.807, 2.05) is 42.5 Å². The Morgan fingerprint density at radius 3 is 1.49 bits per heavy atom. The fraction of sp³-hybridized carbons (Fsp3) is 0. The molecule has 0 saturated heterocycles. The molecular formula is C50H29N5. The van der Waals surface area contributed by atoms with E-state index in [-0.39, 0.29) is 0 Å². The Morgan fingerprint density at radius 2 is 0.855 bits per heavy atom. The lowest BCUT2D eigenvalue weighted by Crippen LogP contribution is -2.00. The zero-order valence-corrected chi connectivity index (χ0v) is 29.5. The molecule has 0 unspecified atom stereocenters. The van der Waals surface area contributed by atoms with E-state index < -0.39 is 0 Å². The number of hydrogen-bond acceptors (Lipinski definition) is 0. The van der Waals surface area contributed by atoms with Crippen molar-refractivity contribution in [2.75, 3.05) is 0 Å². The van der Waals surface area contributed by atoms with E-state index >= 15 is 0 Å². The van der Waals surface area contributed by atoms with Crippen LogP contribution in [-0.4, -0.2) is 13.7 Å². The summed E-state index contributed by atoms with van der Waals surface area (Å²) in [5.41, 5.74) is 12.9. The zero-order valence-electron chi connectivity index (χ0n) is 29.5. The van der Waals surface area contributed by atoms with Crippen molar-refractivity contribution in [3.05, 3.63) is 199 Å². The largest absolute Gasteiger partial charge is 0.311 e. The van der Waals surface area contributed by atoms with Crippen molar-refractivity contribution in [2.24, 2.45) is 0 Å². The number of hydrogen-bond donors (Lipinski definition) is 0. The number of rotatable bonds is 4. The first-order valence-corrected chi connectivity index (χ1v) is 18.3. The lowest BCUT2D eigenvalue weighted by atomic mass is 10.0. The molecule has 0 fully saturated rings. The summed E-state index contributed by atoms with van der Waals surface area (Å²) in [6, 6.07) is 61.5. The molecule has 0 aliphatic heterocycles. The molecule has 3 aromatic heterocycles. The maximum absolute atomic E-state index is 8.04. The van der Waals surface area contributed by atoms with E-state index in [0.717, 1.165) is 61.0 Å². The molecule has 0 N–H and O–H groups in total. The second-order valence-electron chi connectivity index (χ2n) is 14.0. The summed E-state index contributed by atoms with van der Waals surface area (Å²) in [6.45, 7) is 15.6. The molecule has 0 spiro atoms. The van der Waals surface area contributed by atoms with Crippen LogP contribution in [0.1, 0.15) is 0 Å². The minimum absolute atomic E-state index is 0.568. The van der Waals surface area contributed by atoms with Gasteiger partial charge in [-0.15, -0.1) is 0 Å². The first-order chi connectivity index (χ1) is 27.2. The predicted molar refractivity (Wildman–Crippen MR) is 227 cm³/mol. The molecule has 8 aromatic carbocycles. The minimum atomic E-state index is 0.568. The van der Waals surface area contributed by atoms with Gasteiger partial charge in [-0.25, -0.2) is 9.69 Å². The number of benzene rings is 8. The van der Waals surface area contributed by atoms with Crippen molar-refractivity contribution < 1.29 is 0 Å². The quantitative estimate of drug-likeness (QED) is 0.163. The van der Waals surface area contributed by atoms with E-state index in [1.54, 1.807) is 0 Å². The van der Waals surface area contributed by atoms with Crippen molar-refractivity contribution in [3.8, 4) is 28.2 Å². The van der Waals surface area contributed by atoms with Crippen molar-refractivity contribution in [1.29, 1.82) is 0 Å². The van der Waals surface area contributed by atoms with Gasteiger partial charge in [-0.1, -0.05) is 103 Å². The zero-order chi connectivity index (χ0) is 36.6. The highest BCUT2D eigenvalue weighted by Crippen LogP contribution is 2.41. The summed E-state index contributed by atoms with van der Waals surface area (Å²) in [6.07, 6.45) is 0. The van der Waals surface area contributed by atoms with Crippen molar-refractivity contribution in [3.63, 3.8) is 0 Å². The molecule has 11 rings (SSSR count). The average Bonchev–Trinajstić information content (AvgIpc) is 3.89. The molecule has 0 bridgehead atoms. The number of para-hydroxylation sites is 5. The van der Waals surface area contributed by atoms with E-state index in [9.17, 15) is 0 Å². The van der Waals surface area contributed by atoms with Crippen LogP contribution in [0.4, 0.5) is 11.4 Å². The number of nitrogens with zero attached hydrogens (tertiary/aromatic N) is 5. The van der Waals surface area contributed by atoms with Gasteiger partial charge in [0.15, 0.2) is 11.4 Å². The molecule has 0 saturated carbocycles. The molecule has 11 aromatic rings. The second kappa shape index (κ2) is 11.8. The number of aromatic nitrogens is 3. The molecule has 5 heteroatoms. The van der Waals surface area contributed by atoms with E-state index in [2.05, 4.69) is 157 Å². The molecule has 55 heavy (non-hydrogen) atoms. The van der Waals surface area contributed by atoms with Crippen LogP contribution in [0.5, 0.6) is 0 Å². The Hall–Kier alpha value is -7.86. The highest BCUT2D eigenvalue weighted by molar-refractivity contribution is 6.15. The standard InChI is InChI=1S/C50H29N5/c1-51-34-24-27-48-43(31-34)41-15-6-7-17-44(41)53(48)37-29-33(28-35(30-37)52-2)32-22-25-36(26-23-32)54-45-18-8-5-14-40(45)42-16-11-21-49(50(42)54)55-46-19-9-3-12-38(46)39-13-4-10-20-47(39)55/h3-31H. The molecule has 254 valence electrons. The first kappa shape index (κ1) is 30.7. The van der Waals surface area contributed by atoms with Crippen LogP contribution in [0.2, 0.25) is 0 Å². The number of fused-ring (bicyclic) bond motifs is 9. The predicted octanol–water partition coefficient (Wildman–Crippen LogP) is 13.7. The summed E-state index contributed by atoms with van der Waals surface area (Å²) in [4.78, 5) is 7.60. The third kappa shape index (κ3) is 4.51. The smallest absolute Gasteiger partial charge is 0.189 e. The molecule has 0 atom stereocenters. The van der Waals surface area contributed by atoms with Crippen LogP contribution in [-0.2, 0) is 0 Å². The first-order valence-electron chi connectivity index (χ1n) is 18.3. The molecule has 0 radical (unpaired) electrons. The van der Waals surface area contributed by atoms with Crippen molar-refractivity contribution in [2.45, 2.75) is 0 Å². The van der Waals surface area contributed by atoms with Crippen LogP contribution >= 0.6 is 0 Å². The summed E-state index contributed by atoms with van der Waals surface area (Å²) in [7, 11) is 0. The SMILES string of the molecule is [C-]#[N+]c1cc(-c2ccc(-n3c4ccccc4c4cccc(-n5c6ccccc6c6ccccc65)c43)cc2)cc(-n2c3ccccc3c3cc([N+]#[C-])ccc32)c1. The third-order valence-electron chi connectivity index (χ3n) is 11.0. The molecule has 0 amide bonds. The molecule has 3 heterocycles. The van der Waals surface area contributed by atoms with Gasteiger partial charge < -0.3 is 13.7 Å². The van der Waals surface area contributed by atoms with Crippen LogP contribution in [0.3, 0.4) is 0 Å². The Labute approximate surface area is 316 Å². The Morgan fingerprint density at radius 1 is 0.327 bits per heavy atom. The Bertz CT molecular complexity index is 3400. The summed E-state index contributed by atoms with van der Waals surface area (Å²) >= 11 is 0. The average molecular weight is 700 g/mol. The van der Waals surface area contributed by atoms with E-state index in [4.69, 9.17) is 13.1 Å². The lowest BCUT2D eigenvalue weighted by Gasteiger charge is -2.15. The molecule has 0 aliphatic carbocycles. The van der Waals surface area contributed by atoms with Crippen molar-refractivity contribution in [1.82, 2.24) is 13.7 Å². The highest BCUT2D eigenvalue weighted by Gasteiger charge is 2.20. The van der Waals surface area contributed by atoms with Gasteiger partial charge in [0.05, 0.1) is 51.9 Å². The van der Waals surface area contributed by atoms with Gasteiger partial charge in [-0.3, -0.25) is 0 Å². The van der Waals surface area contributed by atoms with Crippen LogP contribution < -0.4 is 0 Å². The lowest BCUT2D eigenvalue weighted by molar-refractivity contribution is 1.13. The second-order valence-corrected chi connectivity index (χ2v) is 14.0. The maximum atomic E-state index is 8.04. The Balaban J connectivity index is 1.10. The van der Waals surface area contributed by atoms with Crippen LogP contribution in [0.25, 0.3) is 103 Å². The summed E-state index contributed by atoms with van der Waals surface area (Å²) in [5, 5.41) is 6.97. The van der Waals surface area contributed by atoms with Crippen LogP contribution in [0, 0.1) is 13.1 Å². The van der Waals surface area contributed by atoms with Gasteiger partial charge in [0.25, 0.3) is 0 Å². The van der Waals surface area contributed by atoms with Gasteiger partial charge in [0.2, 0.25) is 0 Å². The normalized spacial score (nSPS) is 11.6. The Kier molecular flexibility index (Phi) is 6.61. The van der Waals surface area contributed by atoms with Crippen LogP contribution in [0.15, 0.2) is 176 Å². The van der Waals surface area contributed by atoms with Gasteiger partial charge in [0, 0.05) is 38.3 Å². The fourth-order valence-electron chi connectivity index (χ4n) is 8.70. The molecular weight excluding hydrogens is 671 g/mol. The van der Waals surface area contributed by atoms with Gasteiger partial charge in [-0.2, -0.15) is 0 Å². The van der Waals surface area contributed by atoms with Gasteiger partial charge in [0.1, 0.15) is 0 Å². The highest BCUT2D eigenvalue weighted by atomic mass is 15.1. The topological polar surface area (TPSA) is 23.5 Å². The van der Waals surface area contributed by atoms with E-state index in [1.165, 1.54) is 32.6 Å². The fourth-order valence-corrected chi connectivity index (χ4v) is 8.70. The third-order valence-corrected chi connectivity index (χ3v) is 11.0. The van der Waals surface area contributed by atoms with Gasteiger partial charge >= 0.3 is 0 Å². The molecule has 5 nitrogen and oxygen atoms in total. The minimum Gasteiger partial charge on any atom is -0.311 e. The summed E-state index contributed by atoms with van der Waals surface area (Å²) in [5.74, 6) is 0. The van der Waals surface area contributed by atoms with Crippen molar-refractivity contribution >= 4 is 76.8 Å². The van der Waals surface area contributed by atoms with Gasteiger partial charge in [-0.05, 0) is 89.3 Å². The van der Waals surface area contributed by atoms with E-state index in [0.29, 0.717) is 11.4 Å². The maximum Gasteiger partial charge on any atom is 0.189 e. The summed E-state index contributed by atoms with van der Waals surface area (Å²) < 4.78 is 7.01. The molecule has 0 aliphatic rings. The monoisotopic (exact) mass is 699 g/mol.